The minimum absolute atomic E-state index is 0.00504. The third-order valence-electron chi connectivity index (χ3n) is 13.0. The van der Waals surface area contributed by atoms with E-state index in [9.17, 15) is 24.0 Å². The molecule has 19 nitrogen and oxygen atoms in total. The van der Waals surface area contributed by atoms with Gasteiger partial charge in [-0.2, -0.15) is 0 Å². The topological polar surface area (TPSA) is 199 Å². The number of fused-ring (bicyclic) bond motifs is 2. The van der Waals surface area contributed by atoms with Gasteiger partial charge in [-0.1, -0.05) is 52.3 Å². The zero-order valence-electron chi connectivity index (χ0n) is 40.2. The lowest BCUT2D eigenvalue weighted by Crippen LogP contribution is -2.55. The number of hydrogen-bond donors (Lipinski definition) is 2. The van der Waals surface area contributed by atoms with Gasteiger partial charge in [0.2, 0.25) is 23.6 Å². The largest absolute Gasteiger partial charge is 0.379 e. The monoisotopic (exact) mass is 916 g/mol. The summed E-state index contributed by atoms with van der Waals surface area (Å²) in [6.07, 6.45) is 9.31. The van der Waals surface area contributed by atoms with Gasteiger partial charge in [0.05, 0.1) is 90.1 Å². The van der Waals surface area contributed by atoms with Gasteiger partial charge in [-0.05, 0) is 50.6 Å². The molecule has 1 aliphatic carbocycles. The predicted molar refractivity (Wildman–Crippen MR) is 243 cm³/mol. The number of allylic oxidation sites excluding steroid dienone is 1. The molecule has 5 amide bonds. The van der Waals surface area contributed by atoms with Gasteiger partial charge in [-0.3, -0.25) is 28.9 Å². The average Bonchev–Trinajstić information content (AvgIpc) is 4.10. The van der Waals surface area contributed by atoms with Crippen molar-refractivity contribution >= 4 is 29.5 Å². The van der Waals surface area contributed by atoms with Crippen molar-refractivity contribution in [3.63, 3.8) is 0 Å². The van der Waals surface area contributed by atoms with Gasteiger partial charge in [0.15, 0.2) is 0 Å². The molecule has 366 valence electrons. The number of ether oxygens (including phenoxy) is 5. The highest BCUT2D eigenvalue weighted by Crippen LogP contribution is 2.41. The molecule has 2 fully saturated rings. The van der Waals surface area contributed by atoms with Crippen molar-refractivity contribution in [3.8, 4) is 0 Å². The molecule has 2 aliphatic heterocycles. The standard InChI is InChI=1S/C46H77N9O10/c1-10-12-18-54(41(58)28-38(61-8)43(32(3)11-2)52(7)42(59)29-48-45(60)44-35-14-15-37(27-35)51(44)6)46(62-9)33(4)26-39(56)47-17-20-63-22-24-65-25-23-64-21-19-53-30-36(49-50-53)31-55-34(5)13-16-40(55)57/h13,16,30,32-33,35,37-38,43-44,46H,5,10-12,14-15,17-29,31H2,1-4,6-9H3,(H,47,56)(H,48,60). The second kappa shape index (κ2) is 27.4. The average molecular weight is 916 g/mol. The first-order valence-electron chi connectivity index (χ1n) is 23.4. The number of amides is 5. The second-order valence-electron chi connectivity index (χ2n) is 17.6. The van der Waals surface area contributed by atoms with Crippen LogP contribution in [0.3, 0.4) is 0 Å². The Balaban J connectivity index is 1.14. The van der Waals surface area contributed by atoms with Gasteiger partial charge in [0.25, 0.3) is 5.91 Å². The number of carbonyl (C=O) groups excluding carboxylic acids is 5. The van der Waals surface area contributed by atoms with Crippen molar-refractivity contribution in [2.24, 2.45) is 17.8 Å². The zero-order valence-corrected chi connectivity index (χ0v) is 40.2. The number of nitrogens with one attached hydrogen (secondary N) is 2. The summed E-state index contributed by atoms with van der Waals surface area (Å²) in [6, 6.07) is -0.201. The fourth-order valence-corrected chi connectivity index (χ4v) is 9.20. The second-order valence-corrected chi connectivity index (χ2v) is 17.6. The van der Waals surface area contributed by atoms with Crippen LogP contribution >= 0.6 is 0 Å². The Hall–Kier alpha value is -4.27. The Labute approximate surface area is 385 Å². The number of aromatic nitrogens is 3. The van der Waals surface area contributed by atoms with Crippen LogP contribution in [0.1, 0.15) is 84.8 Å². The number of likely N-dealkylation sites (N-methyl/N-ethyl adjacent to an activating group) is 2. The summed E-state index contributed by atoms with van der Waals surface area (Å²) in [6.45, 7) is 15.6. The molecule has 65 heavy (non-hydrogen) atoms. The number of likely N-dealkylation sites (tertiary alicyclic amines) is 1. The molecule has 1 aromatic heterocycles. The molecule has 0 spiro atoms. The number of methoxy groups -OCH3 is 2. The minimum Gasteiger partial charge on any atom is -0.379 e. The van der Waals surface area contributed by atoms with Gasteiger partial charge in [-0.25, -0.2) is 4.68 Å². The summed E-state index contributed by atoms with van der Waals surface area (Å²) < 4.78 is 30.4. The molecule has 0 aromatic carbocycles. The van der Waals surface area contributed by atoms with Crippen LogP contribution in [0.15, 0.2) is 30.6 Å². The van der Waals surface area contributed by atoms with E-state index in [1.165, 1.54) is 11.0 Å². The third kappa shape index (κ3) is 15.7. The van der Waals surface area contributed by atoms with Gasteiger partial charge in [0.1, 0.15) is 11.9 Å². The predicted octanol–water partition coefficient (Wildman–Crippen LogP) is 2.36. The summed E-state index contributed by atoms with van der Waals surface area (Å²) in [7, 11) is 6.81. The highest BCUT2D eigenvalue weighted by molar-refractivity contribution is 5.93. The van der Waals surface area contributed by atoms with E-state index in [0.29, 0.717) is 89.2 Å². The van der Waals surface area contributed by atoms with Crippen LogP contribution in [0.25, 0.3) is 0 Å². The first-order valence-corrected chi connectivity index (χ1v) is 23.4. The molecule has 2 bridgehead atoms. The quantitative estimate of drug-likeness (QED) is 0.0790. The van der Waals surface area contributed by atoms with Crippen LogP contribution in [0, 0.1) is 17.8 Å². The molecule has 0 radical (unpaired) electrons. The molecule has 8 unspecified atom stereocenters. The molecule has 2 N–H and O–H groups in total. The lowest BCUT2D eigenvalue weighted by Gasteiger charge is -2.40. The van der Waals surface area contributed by atoms with E-state index < -0.39 is 18.4 Å². The third-order valence-corrected chi connectivity index (χ3v) is 13.0. The van der Waals surface area contributed by atoms with Gasteiger partial charge in [-0.15, -0.1) is 5.10 Å². The lowest BCUT2D eigenvalue weighted by atomic mass is 9.90. The summed E-state index contributed by atoms with van der Waals surface area (Å²) in [4.78, 5) is 73.0. The Morgan fingerprint density at radius 2 is 1.63 bits per heavy atom. The molecule has 1 saturated carbocycles. The number of hydrogen-bond acceptors (Lipinski definition) is 13. The molecule has 8 atom stereocenters. The van der Waals surface area contributed by atoms with Crippen LogP contribution < -0.4 is 10.6 Å². The molecule has 3 aliphatic rings. The maximum atomic E-state index is 14.2. The van der Waals surface area contributed by atoms with E-state index in [1.54, 1.807) is 48.0 Å². The van der Waals surface area contributed by atoms with Crippen LogP contribution in [0.4, 0.5) is 0 Å². The molecule has 1 aromatic rings. The van der Waals surface area contributed by atoms with E-state index >= 15 is 0 Å². The Morgan fingerprint density at radius 3 is 2.25 bits per heavy atom. The molecule has 1 saturated heterocycles. The van der Waals surface area contributed by atoms with Crippen molar-refractivity contribution in [1.29, 1.82) is 0 Å². The molecule has 19 heteroatoms. The molecular weight excluding hydrogens is 839 g/mol. The van der Waals surface area contributed by atoms with Crippen LogP contribution in [0.5, 0.6) is 0 Å². The zero-order chi connectivity index (χ0) is 47.5. The van der Waals surface area contributed by atoms with E-state index in [1.807, 2.05) is 34.7 Å². The first-order chi connectivity index (χ1) is 31.2. The fraction of sp³-hybridized carbons (Fsp3) is 0.761. The summed E-state index contributed by atoms with van der Waals surface area (Å²) >= 11 is 0. The van der Waals surface area contributed by atoms with Crippen molar-refractivity contribution in [2.45, 2.75) is 123 Å². The molecule has 3 heterocycles. The normalized spacial score (nSPS) is 20.5. The first kappa shape index (κ1) is 53.3. The van der Waals surface area contributed by atoms with Crippen molar-refractivity contribution < 1.29 is 47.7 Å². The number of piperidine rings is 1. The number of carbonyl (C=O) groups is 5. The minimum atomic E-state index is -0.664. The Bertz CT molecular complexity index is 1710. The van der Waals surface area contributed by atoms with Crippen molar-refractivity contribution in [3.05, 3.63) is 36.3 Å². The Morgan fingerprint density at radius 1 is 0.923 bits per heavy atom. The van der Waals surface area contributed by atoms with Crippen LogP contribution in [0.2, 0.25) is 0 Å². The van der Waals surface area contributed by atoms with E-state index in [2.05, 4.69) is 32.4 Å². The number of nitrogens with zero attached hydrogens (tertiary/aromatic N) is 7. The van der Waals surface area contributed by atoms with E-state index in [4.69, 9.17) is 23.7 Å². The smallest absolute Gasteiger partial charge is 0.251 e. The maximum Gasteiger partial charge on any atom is 0.251 e. The molecular formula is C46H77N9O10. The van der Waals surface area contributed by atoms with Gasteiger partial charge in [0, 0.05) is 64.5 Å². The number of rotatable bonds is 32. The Kier molecular flexibility index (Phi) is 22.5. The van der Waals surface area contributed by atoms with Gasteiger partial charge >= 0.3 is 0 Å². The lowest BCUT2D eigenvalue weighted by molar-refractivity contribution is -0.155. The van der Waals surface area contributed by atoms with Crippen molar-refractivity contribution in [1.82, 2.24) is 45.2 Å². The van der Waals surface area contributed by atoms with Gasteiger partial charge < -0.3 is 49.0 Å². The van der Waals surface area contributed by atoms with E-state index in [-0.39, 0.29) is 66.8 Å². The van der Waals surface area contributed by atoms with Crippen molar-refractivity contribution in [2.75, 3.05) is 87.6 Å². The highest BCUT2D eigenvalue weighted by atomic mass is 16.5. The molecule has 4 rings (SSSR count). The number of unbranched alkanes of at least 4 members (excludes halogenated alkanes) is 1. The van der Waals surface area contributed by atoms with E-state index in [0.717, 1.165) is 38.5 Å². The fourth-order valence-electron chi connectivity index (χ4n) is 9.20. The summed E-state index contributed by atoms with van der Waals surface area (Å²) in [5, 5.41) is 14.0. The summed E-state index contributed by atoms with van der Waals surface area (Å²) in [5.74, 6) is -0.846. The summed E-state index contributed by atoms with van der Waals surface area (Å²) in [5.41, 5.74) is 1.29. The van der Waals surface area contributed by atoms with Crippen LogP contribution in [-0.2, 0) is 60.7 Å². The highest BCUT2D eigenvalue weighted by Gasteiger charge is 2.47. The SMILES string of the molecule is C=C1C=CC(=O)N1Cc1cn(CCOCCOCCOCCNC(=O)CC(C)C(OC)N(CCCC)C(=O)CC(OC)C(C(C)CC)N(C)C(=O)CNC(=O)C2C3CCC(C3)N2C)nn1. The maximum absolute atomic E-state index is 14.2. The van der Waals surface area contributed by atoms with Crippen LogP contribution in [-0.4, -0.2) is 182 Å².